The van der Waals surface area contributed by atoms with Gasteiger partial charge in [0.15, 0.2) is 5.25 Å². The van der Waals surface area contributed by atoms with Gasteiger partial charge < -0.3 is 42.7 Å². The van der Waals surface area contributed by atoms with Gasteiger partial charge in [-0.1, -0.05) is 23.7 Å². The maximum absolute atomic E-state index is 10.3. The van der Waals surface area contributed by atoms with Crippen LogP contribution in [0.1, 0.15) is 5.56 Å². The summed E-state index contributed by atoms with van der Waals surface area (Å²) < 4.78 is 5.59. The van der Waals surface area contributed by atoms with Gasteiger partial charge in [-0.3, -0.25) is 0 Å². The number of aliphatic hydroxyl groups excluding tert-OH is 5. The number of hydrogen-bond acceptors (Lipinski definition) is 6. The van der Waals surface area contributed by atoms with Crippen molar-refractivity contribution in [1.29, 1.82) is 0 Å². The highest BCUT2D eigenvalue weighted by Gasteiger charge is 2.50. The van der Waals surface area contributed by atoms with E-state index in [9.17, 15) is 25.5 Å². The first-order chi connectivity index (χ1) is 11.5. The van der Waals surface area contributed by atoms with Gasteiger partial charge >= 0.3 is 0 Å². The molecule has 1 unspecified atom stereocenters. The van der Waals surface area contributed by atoms with Crippen LogP contribution >= 0.6 is 11.6 Å². The first-order valence-corrected chi connectivity index (χ1v) is 9.75. The van der Waals surface area contributed by atoms with Crippen LogP contribution < -0.4 is 12.4 Å². The Hall–Kier alpha value is -0.0900. The monoisotopic (exact) mass is 414 g/mol. The Morgan fingerprint density at radius 1 is 1.20 bits per heavy atom. The zero-order valence-electron chi connectivity index (χ0n) is 13.5. The molecule has 1 fully saturated rings. The first-order valence-electron chi connectivity index (χ1n) is 7.74. The van der Waals surface area contributed by atoms with Gasteiger partial charge in [-0.25, -0.2) is 0 Å². The molecule has 0 aromatic heterocycles. The molecule has 144 valence electrons. The molecule has 0 saturated carbocycles. The number of ether oxygens (including phenoxy) is 1. The van der Waals surface area contributed by atoms with Crippen molar-refractivity contribution in [1.82, 2.24) is 0 Å². The molecule has 25 heavy (non-hydrogen) atoms. The first kappa shape index (κ1) is 23.0. The second-order valence-corrected chi connectivity index (χ2v) is 8.66. The predicted octanol–water partition coefficient (Wildman–Crippen LogP) is -3.70. The van der Waals surface area contributed by atoms with Gasteiger partial charge in [0.25, 0.3) is 0 Å². The molecule has 0 radical (unpaired) electrons. The molecule has 6 nitrogen and oxygen atoms in total. The molecule has 1 aromatic rings. The van der Waals surface area contributed by atoms with Gasteiger partial charge in [0, 0.05) is 15.9 Å². The Balaban J connectivity index is 0.00000312. The molecule has 2 rings (SSSR count). The molecule has 1 aliphatic heterocycles. The van der Waals surface area contributed by atoms with Gasteiger partial charge in [-0.05, 0) is 17.7 Å². The molecule has 0 spiro atoms. The molecular weight excluding hydrogens is 391 g/mol. The van der Waals surface area contributed by atoms with Crippen molar-refractivity contribution in [3.63, 3.8) is 0 Å². The normalized spacial score (nSPS) is 28.4. The maximum atomic E-state index is 10.3. The van der Waals surface area contributed by atoms with Crippen molar-refractivity contribution in [2.45, 2.75) is 36.3 Å². The lowest BCUT2D eigenvalue weighted by Crippen LogP contribution is -3.00. The van der Waals surface area contributed by atoms with E-state index < -0.39 is 40.6 Å². The minimum absolute atomic E-state index is 0. The summed E-state index contributed by atoms with van der Waals surface area (Å²) in [5.41, 5.74) is 0.868. The molecule has 5 N–H and O–H groups in total. The van der Waals surface area contributed by atoms with E-state index in [1.807, 2.05) is 0 Å². The molecule has 1 aliphatic rings. The SMILES string of the molecule is OC[C@H](OCc1ccc(Cl)cc1)[C@H](O)C[S+]1C[C@@H](O)[C@H](O)[C@H]1CO.[Cl-]. The van der Waals surface area contributed by atoms with Crippen LogP contribution in [-0.2, 0) is 22.2 Å². The second-order valence-electron chi connectivity index (χ2n) is 5.88. The van der Waals surface area contributed by atoms with Crippen molar-refractivity contribution in [2.24, 2.45) is 0 Å². The third-order valence-corrected chi connectivity index (χ3v) is 7.21. The summed E-state index contributed by atoms with van der Waals surface area (Å²) in [6.45, 7) is -0.369. The van der Waals surface area contributed by atoms with Gasteiger partial charge in [-0.2, -0.15) is 0 Å². The highest BCUT2D eigenvalue weighted by atomic mass is 35.5. The summed E-state index contributed by atoms with van der Waals surface area (Å²) in [5.74, 6) is 0.587. The van der Waals surface area contributed by atoms with Crippen molar-refractivity contribution in [3.05, 3.63) is 34.9 Å². The lowest BCUT2D eigenvalue weighted by molar-refractivity contribution is -0.0623. The lowest BCUT2D eigenvalue weighted by atomic mass is 10.2. The third kappa shape index (κ3) is 6.23. The number of hydrogen-bond donors (Lipinski definition) is 5. The predicted molar refractivity (Wildman–Crippen MR) is 93.1 cm³/mol. The highest BCUT2D eigenvalue weighted by molar-refractivity contribution is 7.97. The zero-order chi connectivity index (χ0) is 17.7. The molecule has 6 atom stereocenters. The molecule has 0 aliphatic carbocycles. The van der Waals surface area contributed by atoms with Crippen molar-refractivity contribution < 1.29 is 42.7 Å². The molecule has 1 saturated heterocycles. The number of rotatable bonds is 8. The van der Waals surface area contributed by atoms with Crippen LogP contribution in [0.25, 0.3) is 0 Å². The van der Waals surface area contributed by atoms with Gasteiger partial charge in [-0.15, -0.1) is 0 Å². The summed E-state index contributed by atoms with van der Waals surface area (Å²) in [6, 6.07) is 7.07. The fraction of sp³-hybridized carbons (Fsp3) is 0.625. The van der Waals surface area contributed by atoms with Crippen LogP contribution in [-0.4, -0.2) is 79.9 Å². The lowest BCUT2D eigenvalue weighted by Gasteiger charge is -2.22. The van der Waals surface area contributed by atoms with E-state index in [-0.39, 0.29) is 38.0 Å². The quantitative estimate of drug-likeness (QED) is 0.280. The second kappa shape index (κ2) is 10.9. The highest BCUT2D eigenvalue weighted by Crippen LogP contribution is 2.25. The topological polar surface area (TPSA) is 110 Å². The average Bonchev–Trinajstić information content (AvgIpc) is 2.83. The summed E-state index contributed by atoms with van der Waals surface area (Å²) >= 11 is 5.82. The summed E-state index contributed by atoms with van der Waals surface area (Å²) in [6.07, 6.45) is -3.59. The number of benzene rings is 1. The fourth-order valence-corrected chi connectivity index (χ4v) is 5.52. The Morgan fingerprint density at radius 3 is 2.40 bits per heavy atom. The molecule has 0 amide bonds. The van der Waals surface area contributed by atoms with Crippen molar-refractivity contribution >= 4 is 22.5 Å². The minimum Gasteiger partial charge on any atom is -1.00 e. The average molecular weight is 415 g/mol. The maximum Gasteiger partial charge on any atom is 0.169 e. The summed E-state index contributed by atoms with van der Waals surface area (Å²) in [5, 5.41) is 48.9. The van der Waals surface area contributed by atoms with Crippen LogP contribution in [0.5, 0.6) is 0 Å². The Kier molecular flexibility index (Phi) is 10.0. The van der Waals surface area contributed by atoms with Gasteiger partial charge in [0.1, 0.15) is 35.9 Å². The Labute approximate surface area is 161 Å². The van der Waals surface area contributed by atoms with Crippen LogP contribution in [0.2, 0.25) is 5.02 Å². The Morgan fingerprint density at radius 2 is 1.84 bits per heavy atom. The zero-order valence-corrected chi connectivity index (χ0v) is 15.9. The summed E-state index contributed by atoms with van der Waals surface area (Å²) in [7, 11) is -0.537. The van der Waals surface area contributed by atoms with Crippen molar-refractivity contribution in [3.8, 4) is 0 Å². The van der Waals surface area contributed by atoms with E-state index in [2.05, 4.69) is 0 Å². The van der Waals surface area contributed by atoms with Crippen molar-refractivity contribution in [2.75, 3.05) is 24.7 Å². The Bertz CT molecular complexity index is 506. The van der Waals surface area contributed by atoms with Crippen LogP contribution in [0, 0.1) is 0 Å². The fourth-order valence-electron chi connectivity index (χ4n) is 2.69. The van der Waals surface area contributed by atoms with Crippen LogP contribution in [0.4, 0.5) is 0 Å². The number of aliphatic hydroxyl groups is 5. The molecule has 1 heterocycles. The number of halogens is 2. The third-order valence-electron chi connectivity index (χ3n) is 4.14. The van der Waals surface area contributed by atoms with Gasteiger partial charge in [0.05, 0.1) is 19.8 Å². The largest absolute Gasteiger partial charge is 1.00 e. The van der Waals surface area contributed by atoms with E-state index in [1.54, 1.807) is 24.3 Å². The van der Waals surface area contributed by atoms with E-state index >= 15 is 0 Å². The molecular formula is C16H24Cl2O6S. The smallest absolute Gasteiger partial charge is 0.169 e. The minimum atomic E-state index is -0.979. The van der Waals surface area contributed by atoms with E-state index in [4.69, 9.17) is 16.3 Å². The van der Waals surface area contributed by atoms with E-state index in [0.717, 1.165) is 5.56 Å². The summed E-state index contributed by atoms with van der Waals surface area (Å²) in [4.78, 5) is 0. The molecule has 1 aromatic carbocycles. The van der Waals surface area contributed by atoms with E-state index in [1.165, 1.54) is 0 Å². The van der Waals surface area contributed by atoms with E-state index in [0.29, 0.717) is 10.8 Å². The van der Waals surface area contributed by atoms with Crippen LogP contribution in [0.3, 0.4) is 0 Å². The van der Waals surface area contributed by atoms with Crippen LogP contribution in [0.15, 0.2) is 24.3 Å². The van der Waals surface area contributed by atoms with Gasteiger partial charge in [0.2, 0.25) is 0 Å². The molecule has 9 heteroatoms. The standard InChI is InChI=1S/C16H24ClO6S.ClH/c17-11-3-1-10(2-4-11)7-23-14(5-18)12(20)8-24-9-13(21)16(22)15(24)6-19;/h1-4,12-16,18-22H,5-9H2;1H/q+1;/p-1/t12-,13-,14+,15-,16+,24?;/m1./s1. The molecule has 0 bridgehead atoms.